The Morgan fingerprint density at radius 1 is 1.30 bits per heavy atom. The zero-order valence-electron chi connectivity index (χ0n) is 12.3. The molecule has 1 aliphatic heterocycles. The maximum atomic E-state index is 12.5. The summed E-state index contributed by atoms with van der Waals surface area (Å²) in [6.45, 7) is 4.11. The maximum Gasteiger partial charge on any atom is 0.236 e. The predicted octanol–water partition coefficient (Wildman–Crippen LogP) is 1.67. The lowest BCUT2D eigenvalue weighted by atomic mass is 9.81. The Bertz CT molecular complexity index is 522. The predicted molar refractivity (Wildman–Crippen MR) is 77.4 cm³/mol. The Labute approximate surface area is 123 Å². The van der Waals surface area contributed by atoms with Crippen LogP contribution in [0.15, 0.2) is 0 Å². The van der Waals surface area contributed by atoms with Crippen molar-refractivity contribution in [2.75, 3.05) is 19.0 Å². The highest BCUT2D eigenvalue weighted by molar-refractivity contribution is 7.09. The Kier molecular flexibility index (Phi) is 4.08. The molecule has 2 rings (SSSR count). The van der Waals surface area contributed by atoms with Crippen LogP contribution in [0.25, 0.3) is 0 Å². The molecule has 1 aromatic heterocycles. The van der Waals surface area contributed by atoms with Crippen LogP contribution in [0, 0.1) is 5.41 Å². The van der Waals surface area contributed by atoms with Crippen LogP contribution in [0.3, 0.4) is 0 Å². The molecule has 1 fully saturated rings. The zero-order valence-corrected chi connectivity index (χ0v) is 13.2. The van der Waals surface area contributed by atoms with Gasteiger partial charge in [0.05, 0.1) is 12.0 Å². The minimum atomic E-state index is -0.516. The average molecular weight is 296 g/mol. The van der Waals surface area contributed by atoms with E-state index in [1.165, 1.54) is 16.4 Å². The van der Waals surface area contributed by atoms with E-state index in [9.17, 15) is 9.59 Å². The minimum absolute atomic E-state index is 0.0753. The molecule has 2 heterocycles. The van der Waals surface area contributed by atoms with Crippen LogP contribution >= 0.6 is 11.5 Å². The van der Waals surface area contributed by atoms with Gasteiger partial charge >= 0.3 is 0 Å². The number of amides is 2. The van der Waals surface area contributed by atoms with Crippen LogP contribution in [0.2, 0.25) is 0 Å². The van der Waals surface area contributed by atoms with Gasteiger partial charge in [-0.1, -0.05) is 13.8 Å². The van der Waals surface area contributed by atoms with Gasteiger partial charge in [-0.25, -0.2) is 4.98 Å². The first-order valence-corrected chi connectivity index (χ1v) is 7.55. The van der Waals surface area contributed by atoms with Gasteiger partial charge in [0.2, 0.25) is 16.9 Å². The molecule has 0 aromatic carbocycles. The number of hydrogen-bond donors (Lipinski definition) is 0. The van der Waals surface area contributed by atoms with Crippen molar-refractivity contribution in [3.05, 3.63) is 5.82 Å². The molecule has 1 aliphatic rings. The molecule has 110 valence electrons. The summed E-state index contributed by atoms with van der Waals surface area (Å²) in [7, 11) is 3.77. The van der Waals surface area contributed by atoms with E-state index in [2.05, 4.69) is 9.36 Å². The van der Waals surface area contributed by atoms with Gasteiger partial charge in [0, 0.05) is 32.0 Å². The van der Waals surface area contributed by atoms with Gasteiger partial charge in [0.25, 0.3) is 0 Å². The Morgan fingerprint density at radius 3 is 2.40 bits per heavy atom. The SMILES string of the molecule is CCC1(CC)CC(=O)N(Cc2nsc(N(C)C)n2)C1=O. The monoisotopic (exact) mass is 296 g/mol. The van der Waals surface area contributed by atoms with E-state index in [0.717, 1.165) is 5.13 Å². The van der Waals surface area contributed by atoms with Gasteiger partial charge in [0.15, 0.2) is 5.82 Å². The average Bonchev–Trinajstić information content (AvgIpc) is 2.98. The highest BCUT2D eigenvalue weighted by atomic mass is 32.1. The van der Waals surface area contributed by atoms with E-state index in [4.69, 9.17) is 0 Å². The normalized spacial score (nSPS) is 17.9. The van der Waals surface area contributed by atoms with Gasteiger partial charge in [-0.05, 0) is 12.8 Å². The van der Waals surface area contributed by atoms with E-state index in [1.54, 1.807) is 0 Å². The number of nitrogens with zero attached hydrogens (tertiary/aromatic N) is 4. The largest absolute Gasteiger partial charge is 0.353 e. The Morgan fingerprint density at radius 2 is 1.95 bits per heavy atom. The highest BCUT2D eigenvalue weighted by Gasteiger charge is 2.49. The topological polar surface area (TPSA) is 66.4 Å². The summed E-state index contributed by atoms with van der Waals surface area (Å²) >= 11 is 1.27. The third-order valence-corrected chi connectivity index (χ3v) is 4.90. The second kappa shape index (κ2) is 5.47. The van der Waals surface area contributed by atoms with Crippen LogP contribution in [0.1, 0.15) is 38.9 Å². The van der Waals surface area contributed by atoms with Crippen molar-refractivity contribution in [3.8, 4) is 0 Å². The molecule has 6 nitrogen and oxygen atoms in total. The molecule has 1 saturated heterocycles. The van der Waals surface area contributed by atoms with E-state index < -0.39 is 5.41 Å². The number of imide groups is 1. The molecule has 0 bridgehead atoms. The number of hydrogen-bond acceptors (Lipinski definition) is 6. The van der Waals surface area contributed by atoms with Crippen molar-refractivity contribution in [1.29, 1.82) is 0 Å². The van der Waals surface area contributed by atoms with Gasteiger partial charge < -0.3 is 4.90 Å². The summed E-state index contributed by atoms with van der Waals surface area (Å²) in [5.41, 5.74) is -0.516. The van der Waals surface area contributed by atoms with Crippen molar-refractivity contribution >= 4 is 28.5 Å². The van der Waals surface area contributed by atoms with E-state index in [-0.39, 0.29) is 18.4 Å². The van der Waals surface area contributed by atoms with Crippen molar-refractivity contribution < 1.29 is 9.59 Å². The fraction of sp³-hybridized carbons (Fsp3) is 0.692. The third kappa shape index (κ3) is 2.42. The van der Waals surface area contributed by atoms with Crippen LogP contribution in [0.4, 0.5) is 5.13 Å². The van der Waals surface area contributed by atoms with Crippen molar-refractivity contribution in [1.82, 2.24) is 14.3 Å². The summed E-state index contributed by atoms with van der Waals surface area (Å²) in [4.78, 5) is 32.1. The van der Waals surface area contributed by atoms with Crippen molar-refractivity contribution in [2.24, 2.45) is 5.41 Å². The molecular weight excluding hydrogens is 276 g/mol. The quantitative estimate of drug-likeness (QED) is 0.773. The van der Waals surface area contributed by atoms with Gasteiger partial charge in [-0.15, -0.1) is 0 Å². The second-order valence-corrected chi connectivity index (χ2v) is 6.07. The number of likely N-dealkylation sites (tertiary alicyclic amines) is 1. The number of rotatable bonds is 5. The summed E-state index contributed by atoms with van der Waals surface area (Å²) in [6, 6.07) is 0. The van der Waals surface area contributed by atoms with Crippen molar-refractivity contribution in [3.63, 3.8) is 0 Å². The highest BCUT2D eigenvalue weighted by Crippen LogP contribution is 2.39. The molecule has 0 spiro atoms. The molecule has 0 N–H and O–H groups in total. The first-order valence-electron chi connectivity index (χ1n) is 6.78. The lowest BCUT2D eigenvalue weighted by Crippen LogP contribution is -2.35. The van der Waals surface area contributed by atoms with Crippen LogP contribution in [-0.4, -0.2) is 40.2 Å². The molecule has 20 heavy (non-hydrogen) atoms. The molecule has 0 aliphatic carbocycles. The molecule has 0 unspecified atom stereocenters. The summed E-state index contributed by atoms with van der Waals surface area (Å²) in [5.74, 6) is 0.344. The van der Waals surface area contributed by atoms with E-state index in [1.807, 2.05) is 32.8 Å². The van der Waals surface area contributed by atoms with Gasteiger partial charge in [-0.2, -0.15) is 4.37 Å². The van der Waals surface area contributed by atoms with Gasteiger partial charge in [-0.3, -0.25) is 14.5 Å². The smallest absolute Gasteiger partial charge is 0.236 e. The van der Waals surface area contributed by atoms with E-state index in [0.29, 0.717) is 25.1 Å². The number of aromatic nitrogens is 2. The fourth-order valence-corrected chi connectivity index (χ4v) is 3.05. The summed E-state index contributed by atoms with van der Waals surface area (Å²) in [6.07, 6.45) is 1.69. The minimum Gasteiger partial charge on any atom is -0.353 e. The maximum absolute atomic E-state index is 12.5. The van der Waals surface area contributed by atoms with Gasteiger partial charge in [0.1, 0.15) is 0 Å². The molecule has 1 aromatic rings. The third-order valence-electron chi connectivity index (χ3n) is 3.98. The van der Waals surface area contributed by atoms with Crippen molar-refractivity contribution in [2.45, 2.75) is 39.7 Å². The number of anilines is 1. The molecule has 0 saturated carbocycles. The molecule has 7 heteroatoms. The van der Waals surface area contributed by atoms with Crippen LogP contribution in [0.5, 0.6) is 0 Å². The first kappa shape index (κ1) is 14.9. The number of carbonyl (C=O) groups is 2. The lowest BCUT2D eigenvalue weighted by Gasteiger charge is -2.23. The number of carbonyl (C=O) groups excluding carboxylic acids is 2. The lowest BCUT2D eigenvalue weighted by molar-refractivity contribution is -0.142. The standard InChI is InChI=1S/C13H20N4O2S/c1-5-13(6-2)7-10(18)17(11(13)19)8-9-14-12(16(3)4)20-15-9/h5-8H2,1-4H3. The van der Waals surface area contributed by atoms with Crippen LogP contribution < -0.4 is 4.90 Å². The summed E-state index contributed by atoms with van der Waals surface area (Å²) in [5, 5.41) is 0.774. The van der Waals surface area contributed by atoms with E-state index >= 15 is 0 Å². The van der Waals surface area contributed by atoms with Crippen LogP contribution in [-0.2, 0) is 16.1 Å². The molecule has 2 amide bonds. The zero-order chi connectivity index (χ0) is 14.9. The second-order valence-electron chi connectivity index (χ2n) is 5.34. The summed E-state index contributed by atoms with van der Waals surface area (Å²) < 4.78 is 4.21. The first-order chi connectivity index (χ1) is 9.43. The Hall–Kier alpha value is -1.50. The molecule has 0 atom stereocenters. The molecular formula is C13H20N4O2S. The Balaban J connectivity index is 2.17. The fourth-order valence-electron chi connectivity index (χ4n) is 2.45. The molecule has 0 radical (unpaired) electrons.